The summed E-state index contributed by atoms with van der Waals surface area (Å²) in [7, 11) is 0. The minimum absolute atomic E-state index is 0.00454. The Hall–Kier alpha value is -1.15. The molecule has 0 radical (unpaired) electrons. The number of rotatable bonds is 3. The number of nitrogens with zero attached hydrogens (tertiary/aromatic N) is 3. The fourth-order valence-corrected chi connectivity index (χ4v) is 4.50. The van der Waals surface area contributed by atoms with Gasteiger partial charge in [0, 0.05) is 5.75 Å². The van der Waals surface area contributed by atoms with Gasteiger partial charge in [-0.15, -0.1) is 16.9 Å². The van der Waals surface area contributed by atoms with Crippen LogP contribution in [-0.2, 0) is 4.79 Å². The van der Waals surface area contributed by atoms with Gasteiger partial charge in [-0.05, 0) is 37.2 Å². The lowest BCUT2D eigenvalue weighted by Gasteiger charge is -2.26. The summed E-state index contributed by atoms with van der Waals surface area (Å²) in [5.41, 5.74) is 0.575. The molecule has 3 rings (SSSR count). The molecule has 102 valence electrons. The standard InChI is InChI=1S/C11H13N3O3S2/c1-5-8(19-13-12-5)9(15)14-7(11(16)17)4-18-10(14)6-2-3-6/h6-7,10H,2-4H2,1H3,(H,16,17). The van der Waals surface area contributed by atoms with Gasteiger partial charge < -0.3 is 10.0 Å². The predicted molar refractivity (Wildman–Crippen MR) is 71.2 cm³/mol. The molecule has 0 bridgehead atoms. The van der Waals surface area contributed by atoms with E-state index in [4.69, 9.17) is 0 Å². The Morgan fingerprint density at radius 1 is 1.42 bits per heavy atom. The summed E-state index contributed by atoms with van der Waals surface area (Å²) < 4.78 is 3.76. The molecule has 0 spiro atoms. The van der Waals surface area contributed by atoms with E-state index in [0.29, 0.717) is 22.2 Å². The van der Waals surface area contributed by atoms with Gasteiger partial charge >= 0.3 is 5.97 Å². The molecule has 2 fully saturated rings. The highest BCUT2D eigenvalue weighted by Crippen LogP contribution is 2.46. The quantitative estimate of drug-likeness (QED) is 0.903. The number of carbonyl (C=O) groups is 2. The Labute approximate surface area is 118 Å². The van der Waals surface area contributed by atoms with Gasteiger partial charge in [0.1, 0.15) is 10.9 Å². The lowest BCUT2D eigenvalue weighted by molar-refractivity contribution is -0.141. The van der Waals surface area contributed by atoms with Crippen LogP contribution in [0.4, 0.5) is 0 Å². The van der Waals surface area contributed by atoms with Gasteiger partial charge in [0.05, 0.1) is 11.1 Å². The second kappa shape index (κ2) is 4.75. The maximum absolute atomic E-state index is 12.6. The largest absolute Gasteiger partial charge is 0.480 e. The molecule has 0 aromatic carbocycles. The number of carboxylic acids is 1. The molecule has 1 saturated heterocycles. The second-order valence-corrected chi connectivity index (χ2v) is 6.72. The first-order chi connectivity index (χ1) is 9.09. The zero-order chi connectivity index (χ0) is 13.6. The molecule has 1 aromatic rings. The lowest BCUT2D eigenvalue weighted by atomic mass is 10.2. The average Bonchev–Trinajstić information content (AvgIpc) is 2.97. The molecule has 1 aliphatic heterocycles. The molecule has 1 amide bonds. The van der Waals surface area contributed by atoms with Crippen LogP contribution in [0.25, 0.3) is 0 Å². The third-order valence-corrected chi connectivity index (χ3v) is 5.70. The van der Waals surface area contributed by atoms with Crippen LogP contribution < -0.4 is 0 Å². The second-order valence-electron chi connectivity index (χ2n) is 4.82. The van der Waals surface area contributed by atoms with E-state index in [1.165, 1.54) is 4.90 Å². The highest BCUT2D eigenvalue weighted by molar-refractivity contribution is 8.00. The first kappa shape index (κ1) is 12.9. The first-order valence-electron chi connectivity index (χ1n) is 6.05. The number of amides is 1. The molecule has 1 aliphatic carbocycles. The first-order valence-corrected chi connectivity index (χ1v) is 7.88. The highest BCUT2D eigenvalue weighted by atomic mass is 32.2. The van der Waals surface area contributed by atoms with Crippen molar-refractivity contribution in [3.63, 3.8) is 0 Å². The Balaban J connectivity index is 1.91. The minimum Gasteiger partial charge on any atom is -0.480 e. The molecular formula is C11H13N3O3S2. The number of thioether (sulfide) groups is 1. The molecule has 2 unspecified atom stereocenters. The summed E-state index contributed by atoms with van der Waals surface area (Å²) in [5, 5.41) is 13.1. The maximum atomic E-state index is 12.6. The smallest absolute Gasteiger partial charge is 0.327 e. The summed E-state index contributed by atoms with van der Waals surface area (Å²) in [5.74, 6) is -0.256. The molecular weight excluding hydrogens is 286 g/mol. The van der Waals surface area contributed by atoms with E-state index in [2.05, 4.69) is 9.59 Å². The molecule has 1 N–H and O–H groups in total. The van der Waals surface area contributed by atoms with Crippen LogP contribution in [0.5, 0.6) is 0 Å². The van der Waals surface area contributed by atoms with Crippen molar-refractivity contribution in [3.05, 3.63) is 10.6 Å². The van der Waals surface area contributed by atoms with Gasteiger partial charge in [0.2, 0.25) is 0 Å². The van der Waals surface area contributed by atoms with Crippen LogP contribution in [0.15, 0.2) is 0 Å². The molecule has 2 atom stereocenters. The van der Waals surface area contributed by atoms with Crippen molar-refractivity contribution in [3.8, 4) is 0 Å². The van der Waals surface area contributed by atoms with E-state index in [1.54, 1.807) is 18.7 Å². The van der Waals surface area contributed by atoms with Crippen molar-refractivity contribution in [2.75, 3.05) is 5.75 Å². The van der Waals surface area contributed by atoms with Gasteiger partial charge in [0.25, 0.3) is 5.91 Å². The number of hydrogen-bond donors (Lipinski definition) is 1. The van der Waals surface area contributed by atoms with E-state index in [0.717, 1.165) is 24.4 Å². The third kappa shape index (κ3) is 2.23. The van der Waals surface area contributed by atoms with Gasteiger partial charge in [0.15, 0.2) is 0 Å². The van der Waals surface area contributed by atoms with Crippen LogP contribution in [-0.4, -0.2) is 48.6 Å². The molecule has 19 heavy (non-hydrogen) atoms. The van der Waals surface area contributed by atoms with Crippen molar-refractivity contribution in [2.45, 2.75) is 31.2 Å². The zero-order valence-corrected chi connectivity index (χ0v) is 11.9. The molecule has 8 heteroatoms. The Morgan fingerprint density at radius 2 is 2.16 bits per heavy atom. The number of hydrogen-bond acceptors (Lipinski definition) is 6. The van der Waals surface area contributed by atoms with E-state index < -0.39 is 12.0 Å². The van der Waals surface area contributed by atoms with Gasteiger partial charge in [-0.3, -0.25) is 4.79 Å². The molecule has 2 heterocycles. The van der Waals surface area contributed by atoms with Gasteiger partial charge in [-0.25, -0.2) is 4.79 Å². The fraction of sp³-hybridized carbons (Fsp3) is 0.636. The Kier molecular flexibility index (Phi) is 3.22. The molecule has 2 aliphatic rings. The lowest BCUT2D eigenvalue weighted by Crippen LogP contribution is -2.46. The third-order valence-electron chi connectivity index (χ3n) is 3.43. The van der Waals surface area contributed by atoms with Crippen molar-refractivity contribution in [1.29, 1.82) is 0 Å². The SMILES string of the molecule is Cc1nnsc1C(=O)N1C(C(=O)O)CSC1C1CC1. The van der Waals surface area contributed by atoms with Crippen LogP contribution in [0.2, 0.25) is 0 Å². The summed E-state index contributed by atoms with van der Waals surface area (Å²) in [6.07, 6.45) is 2.15. The number of aliphatic carboxylic acids is 1. The van der Waals surface area contributed by atoms with E-state index in [1.807, 2.05) is 0 Å². The Bertz CT molecular complexity index is 529. The number of carbonyl (C=O) groups excluding carboxylic acids is 1. The van der Waals surface area contributed by atoms with E-state index in [-0.39, 0.29) is 11.3 Å². The van der Waals surface area contributed by atoms with Crippen LogP contribution in [0.3, 0.4) is 0 Å². The maximum Gasteiger partial charge on any atom is 0.327 e. The number of carboxylic acid groups (broad SMARTS) is 1. The minimum atomic E-state index is -0.931. The highest BCUT2D eigenvalue weighted by Gasteiger charge is 2.48. The van der Waals surface area contributed by atoms with Gasteiger partial charge in [-0.2, -0.15) is 0 Å². The molecule has 1 saturated carbocycles. The molecule has 6 nitrogen and oxygen atoms in total. The van der Waals surface area contributed by atoms with Crippen molar-refractivity contribution in [2.24, 2.45) is 5.92 Å². The van der Waals surface area contributed by atoms with Crippen LogP contribution >= 0.6 is 23.3 Å². The fourth-order valence-electron chi connectivity index (χ4n) is 2.26. The average molecular weight is 299 g/mol. The van der Waals surface area contributed by atoms with E-state index in [9.17, 15) is 14.7 Å². The van der Waals surface area contributed by atoms with Gasteiger partial charge in [-0.1, -0.05) is 4.49 Å². The monoisotopic (exact) mass is 299 g/mol. The summed E-state index contributed by atoms with van der Waals surface area (Å²) in [6.45, 7) is 1.72. The number of aryl methyl sites for hydroxylation is 1. The van der Waals surface area contributed by atoms with Crippen molar-refractivity contribution >= 4 is 35.2 Å². The topological polar surface area (TPSA) is 83.4 Å². The normalized spacial score (nSPS) is 26.7. The summed E-state index contributed by atoms with van der Waals surface area (Å²) in [6, 6.07) is -0.732. The summed E-state index contributed by atoms with van der Waals surface area (Å²) >= 11 is 2.61. The van der Waals surface area contributed by atoms with Crippen LogP contribution in [0.1, 0.15) is 28.2 Å². The van der Waals surface area contributed by atoms with E-state index >= 15 is 0 Å². The zero-order valence-electron chi connectivity index (χ0n) is 10.3. The predicted octanol–water partition coefficient (Wildman–Crippen LogP) is 1.22. The summed E-state index contributed by atoms with van der Waals surface area (Å²) in [4.78, 5) is 25.9. The Morgan fingerprint density at radius 3 is 2.68 bits per heavy atom. The van der Waals surface area contributed by atoms with Crippen molar-refractivity contribution < 1.29 is 14.7 Å². The van der Waals surface area contributed by atoms with Crippen LogP contribution in [0, 0.1) is 12.8 Å². The number of aromatic nitrogens is 2. The molecule has 1 aromatic heterocycles. The van der Waals surface area contributed by atoms with Crippen molar-refractivity contribution in [1.82, 2.24) is 14.5 Å².